The van der Waals surface area contributed by atoms with E-state index in [-0.39, 0.29) is 12.5 Å². The molecule has 3 aromatic rings. The van der Waals surface area contributed by atoms with E-state index < -0.39 is 0 Å². The molecule has 3 rings (SSSR count). The van der Waals surface area contributed by atoms with Gasteiger partial charge in [0.2, 0.25) is 5.13 Å². The van der Waals surface area contributed by atoms with Gasteiger partial charge in [-0.3, -0.25) is 10.1 Å². The maximum Gasteiger partial charge on any atom is 0.264 e. The molecular weight excluding hydrogens is 370 g/mol. The predicted molar refractivity (Wildman–Crippen MR) is 104 cm³/mol. The number of anilines is 1. The number of methoxy groups -OCH3 is 1. The van der Waals surface area contributed by atoms with Crippen LogP contribution in [0, 0.1) is 0 Å². The Morgan fingerprint density at radius 2 is 2.19 bits per heavy atom. The third-order valence-corrected chi connectivity index (χ3v) is 4.98. The molecular formula is C18H17N3O3S2. The summed E-state index contributed by atoms with van der Waals surface area (Å²) in [4.78, 5) is 12.1. The number of nitrogens with zero attached hydrogens (tertiary/aromatic N) is 2. The minimum atomic E-state index is -0.310. The van der Waals surface area contributed by atoms with Crippen LogP contribution in [-0.4, -0.2) is 29.8 Å². The fourth-order valence-electron chi connectivity index (χ4n) is 2.20. The Morgan fingerprint density at radius 1 is 1.31 bits per heavy atom. The Morgan fingerprint density at radius 3 is 2.92 bits per heavy atom. The van der Waals surface area contributed by atoms with Crippen LogP contribution in [0.4, 0.5) is 5.13 Å². The van der Waals surface area contributed by atoms with Crippen LogP contribution in [0.3, 0.4) is 0 Å². The van der Waals surface area contributed by atoms with Gasteiger partial charge in [0.25, 0.3) is 5.91 Å². The lowest BCUT2D eigenvalue weighted by molar-refractivity contribution is -0.118. The smallest absolute Gasteiger partial charge is 0.264 e. The minimum absolute atomic E-state index is 0.148. The summed E-state index contributed by atoms with van der Waals surface area (Å²) >= 11 is 2.90. The average Bonchev–Trinajstić information content (AvgIpc) is 3.32. The van der Waals surface area contributed by atoms with Crippen molar-refractivity contribution in [1.29, 1.82) is 0 Å². The molecule has 0 fully saturated rings. The molecule has 1 aromatic carbocycles. The van der Waals surface area contributed by atoms with Gasteiger partial charge in [0, 0.05) is 10.9 Å². The van der Waals surface area contributed by atoms with E-state index in [9.17, 15) is 4.79 Å². The Hall–Kier alpha value is -2.71. The van der Waals surface area contributed by atoms with Crippen LogP contribution in [0.2, 0.25) is 0 Å². The van der Waals surface area contributed by atoms with Crippen molar-refractivity contribution in [1.82, 2.24) is 10.2 Å². The van der Waals surface area contributed by atoms with Gasteiger partial charge in [-0.1, -0.05) is 23.5 Å². The molecule has 0 unspecified atom stereocenters. The number of benzene rings is 1. The summed E-state index contributed by atoms with van der Waals surface area (Å²) in [6, 6.07) is 7.52. The number of hydrogen-bond acceptors (Lipinski definition) is 7. The summed E-state index contributed by atoms with van der Waals surface area (Å²) < 4.78 is 10.9. The molecule has 0 atom stereocenters. The fraction of sp³-hybridized carbons (Fsp3) is 0.167. The number of thiophene rings is 1. The fourth-order valence-corrected chi connectivity index (χ4v) is 3.67. The third kappa shape index (κ3) is 4.47. The Bertz CT molecular complexity index is 891. The van der Waals surface area contributed by atoms with Crippen LogP contribution in [0.1, 0.15) is 5.56 Å². The highest BCUT2D eigenvalue weighted by atomic mass is 32.1. The summed E-state index contributed by atoms with van der Waals surface area (Å²) in [5, 5.41) is 15.9. The molecule has 1 N–H and O–H groups in total. The van der Waals surface area contributed by atoms with Gasteiger partial charge in [0.1, 0.15) is 5.01 Å². The highest BCUT2D eigenvalue weighted by Gasteiger charge is 2.12. The van der Waals surface area contributed by atoms with Crippen LogP contribution in [0.25, 0.3) is 10.6 Å². The Balaban J connectivity index is 1.58. The van der Waals surface area contributed by atoms with Crippen molar-refractivity contribution in [3.63, 3.8) is 0 Å². The van der Waals surface area contributed by atoms with Crippen LogP contribution in [0.5, 0.6) is 11.5 Å². The molecule has 0 saturated carbocycles. The van der Waals surface area contributed by atoms with Crippen molar-refractivity contribution in [2.24, 2.45) is 0 Å². The number of aromatic nitrogens is 2. The van der Waals surface area contributed by atoms with Gasteiger partial charge in [0.05, 0.1) is 7.11 Å². The molecule has 2 aromatic heterocycles. The number of carbonyl (C=O) groups is 1. The normalized spacial score (nSPS) is 10.3. The topological polar surface area (TPSA) is 73.3 Å². The molecule has 6 nitrogen and oxygen atoms in total. The zero-order valence-electron chi connectivity index (χ0n) is 14.1. The number of amides is 1. The summed E-state index contributed by atoms with van der Waals surface area (Å²) in [6.45, 7) is 3.57. The zero-order chi connectivity index (χ0) is 18.4. The number of nitrogens with one attached hydrogen (secondary N) is 1. The maximum absolute atomic E-state index is 12.1. The SMILES string of the molecule is C=CCc1ccc(OCC(=O)Nc2nnc(-c3ccsc3)s2)c(OC)c1. The summed E-state index contributed by atoms with van der Waals surface area (Å²) in [6.07, 6.45) is 2.55. The van der Waals surface area contributed by atoms with Gasteiger partial charge in [-0.2, -0.15) is 11.3 Å². The second kappa shape index (κ2) is 8.59. The van der Waals surface area contributed by atoms with E-state index in [4.69, 9.17) is 9.47 Å². The lowest BCUT2D eigenvalue weighted by atomic mass is 10.1. The number of carbonyl (C=O) groups excluding carboxylic acids is 1. The van der Waals surface area contributed by atoms with Crippen LogP contribution >= 0.6 is 22.7 Å². The van der Waals surface area contributed by atoms with Gasteiger partial charge < -0.3 is 9.47 Å². The number of hydrogen-bond donors (Lipinski definition) is 1. The zero-order valence-corrected chi connectivity index (χ0v) is 15.7. The van der Waals surface area contributed by atoms with Gasteiger partial charge in [-0.05, 0) is 35.6 Å². The maximum atomic E-state index is 12.1. The average molecular weight is 387 g/mol. The van der Waals surface area contributed by atoms with Crippen molar-refractivity contribution >= 4 is 33.7 Å². The van der Waals surface area contributed by atoms with Gasteiger partial charge in [-0.15, -0.1) is 16.8 Å². The molecule has 0 saturated heterocycles. The summed E-state index contributed by atoms with van der Waals surface area (Å²) in [5.74, 6) is 0.773. The second-order valence-corrected chi connectivity index (χ2v) is 7.00. The van der Waals surface area contributed by atoms with E-state index in [1.54, 1.807) is 24.5 Å². The Kier molecular flexibility index (Phi) is 5.98. The first kappa shape index (κ1) is 18.1. The first-order chi connectivity index (χ1) is 12.7. The molecule has 1 amide bonds. The molecule has 8 heteroatoms. The molecule has 0 aliphatic rings. The highest BCUT2D eigenvalue weighted by molar-refractivity contribution is 7.19. The molecule has 0 radical (unpaired) electrons. The summed E-state index contributed by atoms with van der Waals surface area (Å²) in [7, 11) is 1.56. The first-order valence-electron chi connectivity index (χ1n) is 7.76. The monoisotopic (exact) mass is 387 g/mol. The first-order valence-corrected chi connectivity index (χ1v) is 9.52. The van der Waals surface area contributed by atoms with E-state index in [0.717, 1.165) is 22.6 Å². The predicted octanol–water partition coefficient (Wildman–Crippen LogP) is 4.02. The van der Waals surface area contributed by atoms with E-state index in [1.165, 1.54) is 11.3 Å². The van der Waals surface area contributed by atoms with Gasteiger partial charge >= 0.3 is 0 Å². The molecule has 0 aliphatic heterocycles. The molecule has 2 heterocycles. The largest absolute Gasteiger partial charge is 0.493 e. The van der Waals surface area contributed by atoms with Crippen molar-refractivity contribution in [3.05, 3.63) is 53.2 Å². The lowest BCUT2D eigenvalue weighted by Gasteiger charge is -2.11. The highest BCUT2D eigenvalue weighted by Crippen LogP contribution is 2.29. The molecule has 0 spiro atoms. The van der Waals surface area contributed by atoms with E-state index in [1.807, 2.05) is 35.0 Å². The van der Waals surface area contributed by atoms with Crippen molar-refractivity contribution in [3.8, 4) is 22.1 Å². The summed E-state index contributed by atoms with van der Waals surface area (Å²) in [5.41, 5.74) is 2.05. The van der Waals surface area contributed by atoms with Gasteiger partial charge in [-0.25, -0.2) is 0 Å². The number of ether oxygens (including phenoxy) is 2. The van der Waals surface area contributed by atoms with Gasteiger partial charge in [0.15, 0.2) is 18.1 Å². The number of allylic oxidation sites excluding steroid dienone is 1. The van der Waals surface area contributed by atoms with Crippen molar-refractivity contribution < 1.29 is 14.3 Å². The molecule has 134 valence electrons. The van der Waals surface area contributed by atoms with Crippen LogP contribution in [0.15, 0.2) is 47.7 Å². The lowest BCUT2D eigenvalue weighted by Crippen LogP contribution is -2.20. The molecule has 26 heavy (non-hydrogen) atoms. The van der Waals surface area contributed by atoms with Crippen molar-refractivity contribution in [2.45, 2.75) is 6.42 Å². The molecule has 0 bridgehead atoms. The van der Waals surface area contributed by atoms with E-state index >= 15 is 0 Å². The third-order valence-electron chi connectivity index (χ3n) is 3.41. The van der Waals surface area contributed by atoms with E-state index in [0.29, 0.717) is 16.6 Å². The quantitative estimate of drug-likeness (QED) is 0.591. The minimum Gasteiger partial charge on any atom is -0.493 e. The van der Waals surface area contributed by atoms with Crippen LogP contribution < -0.4 is 14.8 Å². The number of rotatable bonds is 8. The Labute approximate surface area is 159 Å². The standard InChI is InChI=1S/C18H17N3O3S2/c1-3-4-12-5-6-14(15(9-12)23-2)24-10-16(22)19-18-21-20-17(26-18)13-7-8-25-11-13/h3,5-9,11H,1,4,10H2,2H3,(H,19,21,22). The van der Waals surface area contributed by atoms with Crippen LogP contribution in [-0.2, 0) is 11.2 Å². The van der Waals surface area contributed by atoms with E-state index in [2.05, 4.69) is 22.1 Å². The van der Waals surface area contributed by atoms with Crippen molar-refractivity contribution in [2.75, 3.05) is 19.0 Å². The molecule has 0 aliphatic carbocycles. The second-order valence-electron chi connectivity index (χ2n) is 5.24.